The SMILES string of the molecule is CC(=O)c1cccc(NC(=O)c2ccc(N3CCCC(C)C3)nn2)c1. The van der Waals surface area contributed by atoms with Crippen molar-refractivity contribution in [1.29, 1.82) is 0 Å². The number of ketones is 1. The number of anilines is 2. The third-order valence-electron chi connectivity index (χ3n) is 4.39. The van der Waals surface area contributed by atoms with Gasteiger partial charge in [0.05, 0.1) is 0 Å². The van der Waals surface area contributed by atoms with Crippen LogP contribution < -0.4 is 10.2 Å². The standard InChI is InChI=1S/C19H22N4O2/c1-13-5-4-10-23(12-13)18-9-8-17(21-22-18)19(25)20-16-7-3-6-15(11-16)14(2)24/h3,6-9,11,13H,4-5,10,12H2,1-2H3,(H,20,25). The van der Waals surface area contributed by atoms with Gasteiger partial charge in [-0.05, 0) is 49.9 Å². The van der Waals surface area contributed by atoms with E-state index in [-0.39, 0.29) is 17.4 Å². The lowest BCUT2D eigenvalue weighted by Gasteiger charge is -2.31. The van der Waals surface area contributed by atoms with Gasteiger partial charge >= 0.3 is 0 Å². The molecule has 6 heteroatoms. The van der Waals surface area contributed by atoms with Crippen LogP contribution in [0.5, 0.6) is 0 Å². The van der Waals surface area contributed by atoms with Gasteiger partial charge in [0.1, 0.15) is 0 Å². The zero-order valence-electron chi connectivity index (χ0n) is 14.5. The van der Waals surface area contributed by atoms with Gasteiger partial charge in [-0.3, -0.25) is 9.59 Å². The largest absolute Gasteiger partial charge is 0.355 e. The molecular weight excluding hydrogens is 316 g/mol. The van der Waals surface area contributed by atoms with Crippen LogP contribution in [0.2, 0.25) is 0 Å². The number of nitrogens with zero attached hydrogens (tertiary/aromatic N) is 3. The Kier molecular flexibility index (Phi) is 5.07. The molecule has 1 fully saturated rings. The van der Waals surface area contributed by atoms with Crippen LogP contribution in [0.15, 0.2) is 36.4 Å². The lowest BCUT2D eigenvalue weighted by Crippen LogP contribution is -2.35. The number of hydrogen-bond donors (Lipinski definition) is 1. The van der Waals surface area contributed by atoms with Gasteiger partial charge in [-0.15, -0.1) is 10.2 Å². The molecule has 2 aromatic rings. The second-order valence-corrected chi connectivity index (χ2v) is 6.56. The van der Waals surface area contributed by atoms with Gasteiger partial charge in [-0.2, -0.15) is 0 Å². The highest BCUT2D eigenvalue weighted by molar-refractivity contribution is 6.03. The second kappa shape index (κ2) is 7.42. The number of hydrogen-bond acceptors (Lipinski definition) is 5. The van der Waals surface area contributed by atoms with Crippen molar-refractivity contribution < 1.29 is 9.59 Å². The normalized spacial score (nSPS) is 17.2. The summed E-state index contributed by atoms with van der Waals surface area (Å²) in [5.41, 5.74) is 1.37. The Bertz CT molecular complexity index is 773. The monoisotopic (exact) mass is 338 g/mol. The maximum Gasteiger partial charge on any atom is 0.276 e. The quantitative estimate of drug-likeness (QED) is 0.867. The van der Waals surface area contributed by atoms with E-state index in [0.29, 0.717) is 17.2 Å². The van der Waals surface area contributed by atoms with Crippen LogP contribution in [0.25, 0.3) is 0 Å². The summed E-state index contributed by atoms with van der Waals surface area (Å²) in [6.45, 7) is 5.67. The Hall–Kier alpha value is -2.76. The Morgan fingerprint density at radius 3 is 2.72 bits per heavy atom. The van der Waals surface area contributed by atoms with Gasteiger partial charge < -0.3 is 10.2 Å². The molecule has 0 radical (unpaired) electrons. The first-order chi connectivity index (χ1) is 12.0. The topological polar surface area (TPSA) is 75.2 Å². The fourth-order valence-corrected chi connectivity index (χ4v) is 3.02. The minimum Gasteiger partial charge on any atom is -0.355 e. The molecule has 0 saturated carbocycles. The van der Waals surface area contributed by atoms with Crippen LogP contribution in [0.1, 0.15) is 47.5 Å². The molecule has 3 rings (SSSR count). The van der Waals surface area contributed by atoms with E-state index >= 15 is 0 Å². The molecule has 0 bridgehead atoms. The van der Waals surface area contributed by atoms with Crippen molar-refractivity contribution in [3.05, 3.63) is 47.7 Å². The maximum absolute atomic E-state index is 12.3. The molecule has 1 N–H and O–H groups in total. The van der Waals surface area contributed by atoms with E-state index in [4.69, 9.17) is 0 Å². The van der Waals surface area contributed by atoms with Gasteiger partial charge in [0.15, 0.2) is 17.3 Å². The van der Waals surface area contributed by atoms with Gasteiger partial charge in [0.2, 0.25) is 0 Å². The third-order valence-corrected chi connectivity index (χ3v) is 4.39. The molecule has 0 aliphatic carbocycles. The van der Waals surface area contributed by atoms with Gasteiger partial charge in [-0.1, -0.05) is 19.1 Å². The van der Waals surface area contributed by atoms with E-state index in [2.05, 4.69) is 27.3 Å². The summed E-state index contributed by atoms with van der Waals surface area (Å²) in [5.74, 6) is 1.07. The molecule has 6 nitrogen and oxygen atoms in total. The fraction of sp³-hybridized carbons (Fsp3) is 0.368. The van der Waals surface area contributed by atoms with Crippen LogP contribution >= 0.6 is 0 Å². The number of Topliss-reactive ketones (excluding diaryl/α,β-unsaturated/α-hetero) is 1. The average Bonchev–Trinajstić information content (AvgIpc) is 2.62. The molecule has 0 spiro atoms. The van der Waals surface area contributed by atoms with Crippen LogP contribution in [-0.2, 0) is 0 Å². The maximum atomic E-state index is 12.3. The van der Waals surface area contributed by atoms with E-state index in [1.54, 1.807) is 30.3 Å². The van der Waals surface area contributed by atoms with Crippen molar-refractivity contribution in [2.75, 3.05) is 23.3 Å². The molecule has 130 valence electrons. The lowest BCUT2D eigenvalue weighted by molar-refractivity contribution is 0.100. The summed E-state index contributed by atoms with van der Waals surface area (Å²) in [7, 11) is 0. The highest BCUT2D eigenvalue weighted by Crippen LogP contribution is 2.20. The molecule has 1 unspecified atom stereocenters. The number of carbonyl (C=O) groups is 2. The third kappa shape index (κ3) is 4.21. The molecule has 1 aromatic heterocycles. The Labute approximate surface area is 147 Å². The first-order valence-electron chi connectivity index (χ1n) is 8.54. The molecule has 1 amide bonds. The molecule has 1 aliphatic heterocycles. The molecule has 25 heavy (non-hydrogen) atoms. The number of amides is 1. The highest BCUT2D eigenvalue weighted by Gasteiger charge is 2.18. The lowest BCUT2D eigenvalue weighted by atomic mass is 10.0. The molecule has 1 aliphatic rings. The van der Waals surface area contributed by atoms with E-state index < -0.39 is 0 Å². The van der Waals surface area contributed by atoms with Gasteiger partial charge in [0.25, 0.3) is 5.91 Å². The average molecular weight is 338 g/mol. The van der Waals surface area contributed by atoms with Crippen molar-refractivity contribution in [1.82, 2.24) is 10.2 Å². The molecule has 2 heterocycles. The van der Waals surface area contributed by atoms with Crippen LogP contribution in [0.3, 0.4) is 0 Å². The summed E-state index contributed by atoms with van der Waals surface area (Å²) in [6, 6.07) is 10.4. The van der Waals surface area contributed by atoms with Crippen molar-refractivity contribution >= 4 is 23.2 Å². The number of rotatable bonds is 4. The fourth-order valence-electron chi connectivity index (χ4n) is 3.02. The Balaban J connectivity index is 1.68. The minimum atomic E-state index is -0.341. The van der Waals surface area contributed by atoms with Crippen molar-refractivity contribution in [3.63, 3.8) is 0 Å². The van der Waals surface area contributed by atoms with Crippen molar-refractivity contribution in [3.8, 4) is 0 Å². The van der Waals surface area contributed by atoms with E-state index in [1.165, 1.54) is 13.3 Å². The smallest absolute Gasteiger partial charge is 0.276 e. The number of aromatic nitrogens is 2. The first kappa shape index (κ1) is 17.1. The van der Waals surface area contributed by atoms with Crippen molar-refractivity contribution in [2.45, 2.75) is 26.7 Å². The van der Waals surface area contributed by atoms with E-state index in [1.807, 2.05) is 6.07 Å². The molecule has 1 saturated heterocycles. The zero-order chi connectivity index (χ0) is 17.8. The predicted molar refractivity (Wildman–Crippen MR) is 97.0 cm³/mol. The number of carbonyl (C=O) groups excluding carboxylic acids is 2. The highest BCUT2D eigenvalue weighted by atomic mass is 16.2. The van der Waals surface area contributed by atoms with E-state index in [0.717, 1.165) is 25.3 Å². The number of piperidine rings is 1. The summed E-state index contributed by atoms with van der Waals surface area (Å²) in [6.07, 6.45) is 2.39. The molecule has 1 aromatic carbocycles. The van der Waals surface area contributed by atoms with Gasteiger partial charge in [-0.25, -0.2) is 0 Å². The second-order valence-electron chi connectivity index (χ2n) is 6.56. The number of nitrogens with one attached hydrogen (secondary N) is 1. The first-order valence-corrected chi connectivity index (χ1v) is 8.54. The minimum absolute atomic E-state index is 0.0454. The van der Waals surface area contributed by atoms with Crippen LogP contribution in [-0.4, -0.2) is 35.0 Å². The van der Waals surface area contributed by atoms with Crippen LogP contribution in [0.4, 0.5) is 11.5 Å². The summed E-state index contributed by atoms with van der Waals surface area (Å²) < 4.78 is 0. The summed E-state index contributed by atoms with van der Waals surface area (Å²) >= 11 is 0. The molecular formula is C19H22N4O2. The summed E-state index contributed by atoms with van der Waals surface area (Å²) in [5, 5.41) is 11.0. The zero-order valence-corrected chi connectivity index (χ0v) is 14.5. The predicted octanol–water partition coefficient (Wildman–Crippen LogP) is 3.17. The molecule has 1 atom stereocenters. The van der Waals surface area contributed by atoms with Crippen LogP contribution in [0, 0.1) is 5.92 Å². The Morgan fingerprint density at radius 1 is 1.20 bits per heavy atom. The number of benzene rings is 1. The Morgan fingerprint density at radius 2 is 2.04 bits per heavy atom. The van der Waals surface area contributed by atoms with Crippen molar-refractivity contribution in [2.24, 2.45) is 5.92 Å². The van der Waals surface area contributed by atoms with Gasteiger partial charge in [0, 0.05) is 24.3 Å². The summed E-state index contributed by atoms with van der Waals surface area (Å²) in [4.78, 5) is 26.0. The van der Waals surface area contributed by atoms with E-state index in [9.17, 15) is 9.59 Å².